The number of ether oxygens (including phenoxy) is 2. The molecule has 0 spiro atoms. The van der Waals surface area contributed by atoms with E-state index in [-0.39, 0.29) is 67.1 Å². The lowest BCUT2D eigenvalue weighted by atomic mass is 9.91. The Hall–Kier alpha value is -3.81. The van der Waals surface area contributed by atoms with Crippen LogP contribution in [-0.2, 0) is 49.9 Å². The number of fused-ring (bicyclic) bond motifs is 4. The second kappa shape index (κ2) is 15.8. The summed E-state index contributed by atoms with van der Waals surface area (Å²) in [5.74, 6) is -0.493. The second-order valence-electron chi connectivity index (χ2n) is 14.1. The number of amides is 2. The topological polar surface area (TPSA) is 131 Å². The van der Waals surface area contributed by atoms with E-state index in [1.165, 1.54) is 6.07 Å². The van der Waals surface area contributed by atoms with Crippen LogP contribution in [0.2, 0.25) is 0 Å². The highest BCUT2D eigenvalue weighted by Gasteiger charge is 2.39. The molecule has 2 aliphatic carbocycles. The molecule has 0 radical (unpaired) electrons. The molecule has 2 unspecified atom stereocenters. The molecular weight excluding hydrogens is 674 g/mol. The molecule has 1 aromatic carbocycles. The number of thiol groups is 1. The van der Waals surface area contributed by atoms with Crippen LogP contribution in [0.15, 0.2) is 38.0 Å². The van der Waals surface area contributed by atoms with E-state index in [1.54, 1.807) is 36.6 Å². The Bertz CT molecular complexity index is 1850. The Labute approximate surface area is 303 Å². The van der Waals surface area contributed by atoms with Gasteiger partial charge in [-0.05, 0) is 86.7 Å². The molecular formula is C38H48FN5O6S. The van der Waals surface area contributed by atoms with E-state index in [4.69, 9.17) is 14.5 Å². The van der Waals surface area contributed by atoms with Gasteiger partial charge < -0.3 is 29.6 Å². The number of likely N-dealkylation sites (N-methyl/N-ethyl adjacent to an activating group) is 1. The van der Waals surface area contributed by atoms with E-state index >= 15 is 4.39 Å². The maximum absolute atomic E-state index is 15.4. The van der Waals surface area contributed by atoms with Crippen molar-refractivity contribution in [1.29, 1.82) is 0 Å². The smallest absolute Gasteiger partial charge is 0.306 e. The Morgan fingerprint density at radius 1 is 1.18 bits per heavy atom. The molecule has 1 fully saturated rings. The van der Waals surface area contributed by atoms with Crippen molar-refractivity contribution in [2.75, 3.05) is 27.4 Å². The molecule has 274 valence electrons. The number of nitrogens with one attached hydrogen (secondary N) is 2. The van der Waals surface area contributed by atoms with E-state index in [0.717, 1.165) is 41.5 Å². The fourth-order valence-electron chi connectivity index (χ4n) is 7.46. The maximum atomic E-state index is 15.4. The largest absolute Gasteiger partial charge is 0.461 e. The summed E-state index contributed by atoms with van der Waals surface area (Å²) in [7, 11) is 3.57. The zero-order chi connectivity index (χ0) is 36.4. The van der Waals surface area contributed by atoms with Crippen LogP contribution in [0.3, 0.4) is 0 Å². The van der Waals surface area contributed by atoms with Gasteiger partial charge in [-0.1, -0.05) is 19.8 Å². The molecule has 2 aromatic rings. The fourth-order valence-corrected chi connectivity index (χ4v) is 7.74. The van der Waals surface area contributed by atoms with Gasteiger partial charge in [-0.2, -0.15) is 0 Å². The van der Waals surface area contributed by atoms with Gasteiger partial charge in [-0.15, -0.1) is 12.6 Å². The highest BCUT2D eigenvalue weighted by atomic mass is 32.1. The van der Waals surface area contributed by atoms with Gasteiger partial charge in [-0.25, -0.2) is 9.38 Å². The first-order valence-electron chi connectivity index (χ1n) is 18.0. The summed E-state index contributed by atoms with van der Waals surface area (Å²) in [6.45, 7) is 4.15. The molecule has 3 heterocycles. The SMILES string of the molecule is CCCC(=O)OCc1c(S)cc2n(c1=O)CC1=C3Cc4c(cc(F)c(C)c4CCC3N(C)C(=O)C(CCC3CC3)OCNC(=O)CCNC)N=C12. The van der Waals surface area contributed by atoms with Crippen molar-refractivity contribution in [3.05, 3.63) is 67.4 Å². The quantitative estimate of drug-likeness (QED) is 0.141. The third-order valence-electron chi connectivity index (χ3n) is 10.6. The first kappa shape index (κ1) is 37.0. The van der Waals surface area contributed by atoms with E-state index in [2.05, 4.69) is 23.3 Å². The predicted octanol–water partition coefficient (Wildman–Crippen LogP) is 4.45. The Balaban J connectivity index is 1.36. The number of rotatable bonds is 15. The van der Waals surface area contributed by atoms with Gasteiger partial charge in [0, 0.05) is 43.0 Å². The monoisotopic (exact) mass is 721 g/mol. The van der Waals surface area contributed by atoms with Gasteiger partial charge in [0.2, 0.25) is 5.91 Å². The van der Waals surface area contributed by atoms with Crippen molar-refractivity contribution in [1.82, 2.24) is 20.1 Å². The molecule has 6 rings (SSSR count). The van der Waals surface area contributed by atoms with Crippen LogP contribution in [0.25, 0.3) is 0 Å². The number of hydrogen-bond acceptors (Lipinski definition) is 9. The van der Waals surface area contributed by atoms with Crippen molar-refractivity contribution >= 4 is 41.8 Å². The van der Waals surface area contributed by atoms with Gasteiger partial charge in [0.05, 0.1) is 35.2 Å². The van der Waals surface area contributed by atoms with Gasteiger partial charge >= 0.3 is 5.97 Å². The Morgan fingerprint density at radius 3 is 2.69 bits per heavy atom. The first-order chi connectivity index (χ1) is 24.5. The minimum absolute atomic E-state index is 0.0689. The standard InChI is InChI=1S/C38H48FN5O6S/c1-5-6-35(46)49-19-27-33(51)17-31-36-26(18-44(31)37(27)47)25-15-24-23(21(2)28(39)16-29(24)42-36)10-11-30(25)43(4)38(48)32(12-9-22-7-8-22)50-20-41-34(45)13-14-40-3/h16-17,22,30,32,40,51H,5-15,18-20H2,1-4H3,(H,41,45). The maximum Gasteiger partial charge on any atom is 0.306 e. The number of benzene rings is 1. The number of allylic oxidation sites excluding steroid dienone is 1. The van der Waals surface area contributed by atoms with E-state index in [9.17, 15) is 19.2 Å². The molecule has 2 bridgehead atoms. The number of halogens is 1. The highest BCUT2D eigenvalue weighted by Crippen LogP contribution is 2.43. The molecule has 2 atom stereocenters. The summed E-state index contributed by atoms with van der Waals surface area (Å²) < 4.78 is 28.5. The van der Waals surface area contributed by atoms with Crippen LogP contribution >= 0.6 is 12.6 Å². The van der Waals surface area contributed by atoms with Crippen LogP contribution in [0.5, 0.6) is 0 Å². The summed E-state index contributed by atoms with van der Waals surface area (Å²) in [5, 5.41) is 5.72. The molecule has 4 aliphatic rings. The van der Waals surface area contributed by atoms with Crippen LogP contribution < -0.4 is 16.2 Å². The number of carbonyl (C=O) groups excluding carboxylic acids is 3. The number of hydrogen-bond donors (Lipinski definition) is 3. The number of pyridine rings is 1. The average molecular weight is 722 g/mol. The lowest BCUT2D eigenvalue weighted by Gasteiger charge is -2.33. The third-order valence-corrected chi connectivity index (χ3v) is 11.0. The highest BCUT2D eigenvalue weighted by molar-refractivity contribution is 7.80. The normalized spacial score (nSPS) is 17.9. The number of aromatic nitrogens is 1. The van der Waals surface area contributed by atoms with Gasteiger partial charge in [-0.3, -0.25) is 19.2 Å². The number of aliphatic imine (C=N–C) groups is 1. The summed E-state index contributed by atoms with van der Waals surface area (Å²) in [6, 6.07) is 2.84. The molecule has 1 aromatic heterocycles. The lowest BCUT2D eigenvalue weighted by molar-refractivity contribution is -0.146. The molecule has 2 N–H and O–H groups in total. The summed E-state index contributed by atoms with van der Waals surface area (Å²) >= 11 is 4.63. The number of esters is 1. The molecule has 13 heteroatoms. The Kier molecular flexibility index (Phi) is 11.5. The minimum Gasteiger partial charge on any atom is -0.461 e. The van der Waals surface area contributed by atoms with Crippen molar-refractivity contribution in [2.24, 2.45) is 10.9 Å². The van der Waals surface area contributed by atoms with Crippen LogP contribution in [-0.4, -0.2) is 72.5 Å². The third kappa shape index (κ3) is 7.85. The van der Waals surface area contributed by atoms with Crippen LogP contribution in [0, 0.1) is 18.7 Å². The van der Waals surface area contributed by atoms with Gasteiger partial charge in [0.25, 0.3) is 11.5 Å². The lowest BCUT2D eigenvalue weighted by Crippen LogP contribution is -2.46. The van der Waals surface area contributed by atoms with E-state index < -0.39 is 6.10 Å². The van der Waals surface area contributed by atoms with E-state index in [0.29, 0.717) is 78.5 Å². The van der Waals surface area contributed by atoms with Crippen molar-refractivity contribution in [2.45, 2.75) is 108 Å². The zero-order valence-electron chi connectivity index (χ0n) is 29.9. The van der Waals surface area contributed by atoms with Gasteiger partial charge in [0.15, 0.2) is 0 Å². The van der Waals surface area contributed by atoms with Crippen molar-refractivity contribution < 1.29 is 28.2 Å². The molecule has 0 saturated heterocycles. The fraction of sp³-hybridized carbons (Fsp3) is 0.553. The minimum atomic E-state index is -0.752. The molecule has 1 saturated carbocycles. The Morgan fingerprint density at radius 2 is 1.96 bits per heavy atom. The summed E-state index contributed by atoms with van der Waals surface area (Å²) in [4.78, 5) is 59.9. The molecule has 11 nitrogen and oxygen atoms in total. The van der Waals surface area contributed by atoms with Crippen molar-refractivity contribution in [3.8, 4) is 0 Å². The first-order valence-corrected chi connectivity index (χ1v) is 18.5. The zero-order valence-corrected chi connectivity index (χ0v) is 30.8. The summed E-state index contributed by atoms with van der Waals surface area (Å²) in [5.41, 5.74) is 5.75. The van der Waals surface area contributed by atoms with Crippen LogP contribution in [0.1, 0.15) is 86.2 Å². The predicted molar refractivity (Wildman–Crippen MR) is 194 cm³/mol. The second-order valence-corrected chi connectivity index (χ2v) is 14.6. The number of nitrogens with zero attached hydrogens (tertiary/aromatic N) is 3. The summed E-state index contributed by atoms with van der Waals surface area (Å²) in [6.07, 6.45) is 5.67. The van der Waals surface area contributed by atoms with Gasteiger partial charge in [0.1, 0.15) is 25.3 Å². The molecule has 2 amide bonds. The molecule has 51 heavy (non-hydrogen) atoms. The van der Waals surface area contributed by atoms with Crippen molar-refractivity contribution in [3.63, 3.8) is 0 Å². The van der Waals surface area contributed by atoms with E-state index in [1.807, 2.05) is 6.92 Å². The average Bonchev–Trinajstić information content (AvgIpc) is 3.92. The molecule has 2 aliphatic heterocycles. The van der Waals surface area contributed by atoms with Crippen LogP contribution in [0.4, 0.5) is 10.1 Å². The number of carbonyl (C=O) groups is 3.